The van der Waals surface area contributed by atoms with E-state index in [0.717, 1.165) is 38.1 Å². The van der Waals surface area contributed by atoms with Crippen LogP contribution in [0, 0.1) is 5.92 Å². The predicted octanol–water partition coefficient (Wildman–Crippen LogP) is 3.85. The summed E-state index contributed by atoms with van der Waals surface area (Å²) in [6.45, 7) is 7.50. The van der Waals surface area contributed by atoms with Gasteiger partial charge in [-0.25, -0.2) is 0 Å². The largest absolute Gasteiger partial charge is 0.462 e. The Labute approximate surface area is 145 Å². The third-order valence-electron chi connectivity index (χ3n) is 3.61. The lowest BCUT2D eigenvalue weighted by Gasteiger charge is -2.21. The number of hydrogen-bond donors (Lipinski definition) is 1. The van der Waals surface area contributed by atoms with Crippen molar-refractivity contribution in [3.05, 3.63) is 35.4 Å². The van der Waals surface area contributed by atoms with Gasteiger partial charge in [0.2, 0.25) is 0 Å². The van der Waals surface area contributed by atoms with Crippen molar-refractivity contribution in [3.8, 4) is 0 Å². The molecule has 25 heavy (non-hydrogen) atoms. The van der Waals surface area contributed by atoms with Crippen LogP contribution in [0.3, 0.4) is 0 Å². The van der Waals surface area contributed by atoms with Gasteiger partial charge in [-0.3, -0.25) is 9.59 Å². The fourth-order valence-electron chi connectivity index (χ4n) is 2.29. The highest BCUT2D eigenvalue weighted by molar-refractivity contribution is 5.97. The molecule has 140 valence electrons. The summed E-state index contributed by atoms with van der Waals surface area (Å²) in [7, 11) is 0. The van der Waals surface area contributed by atoms with Crippen LogP contribution in [-0.4, -0.2) is 30.9 Å². The van der Waals surface area contributed by atoms with Gasteiger partial charge in [0, 0.05) is 11.5 Å². The number of alkyl halides is 3. The van der Waals surface area contributed by atoms with Crippen molar-refractivity contribution < 1.29 is 27.5 Å². The van der Waals surface area contributed by atoms with Crippen LogP contribution in [0.5, 0.6) is 0 Å². The van der Waals surface area contributed by atoms with Gasteiger partial charge in [-0.15, -0.1) is 0 Å². The fourth-order valence-corrected chi connectivity index (χ4v) is 2.29. The van der Waals surface area contributed by atoms with Crippen LogP contribution in [0.25, 0.3) is 0 Å². The number of Topliss-reactive ketones (excluding diaryl/α,β-unsaturated/α-hetero) is 1. The Morgan fingerprint density at radius 1 is 1.12 bits per heavy atom. The van der Waals surface area contributed by atoms with E-state index in [1.165, 1.54) is 12.1 Å². The Morgan fingerprint density at radius 2 is 1.64 bits per heavy atom. The fraction of sp³-hybridized carbons (Fsp3) is 0.556. The summed E-state index contributed by atoms with van der Waals surface area (Å²) in [4.78, 5) is 21.6. The monoisotopic (exact) mass is 359 g/mol. The lowest BCUT2D eigenvalue weighted by molar-refractivity contribution is -0.139. The predicted molar refractivity (Wildman–Crippen MR) is 88.3 cm³/mol. The van der Waals surface area contributed by atoms with E-state index in [9.17, 15) is 22.8 Å². The van der Waals surface area contributed by atoms with Crippen LogP contribution in [0.1, 0.15) is 49.5 Å². The van der Waals surface area contributed by atoms with Crippen LogP contribution in [0.2, 0.25) is 0 Å². The van der Waals surface area contributed by atoms with E-state index in [0.29, 0.717) is 12.0 Å². The zero-order valence-electron chi connectivity index (χ0n) is 14.7. The van der Waals surface area contributed by atoms with E-state index >= 15 is 0 Å². The van der Waals surface area contributed by atoms with E-state index < -0.39 is 11.7 Å². The molecule has 0 aliphatic carbocycles. The van der Waals surface area contributed by atoms with Crippen molar-refractivity contribution in [1.82, 2.24) is 5.32 Å². The van der Waals surface area contributed by atoms with Crippen molar-refractivity contribution in [2.45, 2.75) is 45.4 Å². The molecule has 1 aromatic carbocycles. The third-order valence-corrected chi connectivity index (χ3v) is 3.61. The quantitative estimate of drug-likeness (QED) is 0.658. The number of halogens is 3. The maximum atomic E-state index is 12.4. The second kappa shape index (κ2) is 8.99. The van der Waals surface area contributed by atoms with Crippen molar-refractivity contribution in [3.63, 3.8) is 0 Å². The Balaban J connectivity index is 0.000000381. The molecular weight excluding hydrogens is 335 g/mol. The maximum absolute atomic E-state index is 12.4. The number of ether oxygens (including phenoxy) is 1. The highest BCUT2D eigenvalue weighted by Crippen LogP contribution is 2.29. The molecule has 0 bridgehead atoms. The van der Waals surface area contributed by atoms with Gasteiger partial charge in [-0.1, -0.05) is 12.1 Å². The Bertz CT molecular complexity index is 556. The van der Waals surface area contributed by atoms with Crippen LogP contribution < -0.4 is 5.32 Å². The lowest BCUT2D eigenvalue weighted by Crippen LogP contribution is -2.31. The minimum atomic E-state index is -4.35. The summed E-state index contributed by atoms with van der Waals surface area (Å²) in [5, 5.41) is 3.15. The summed E-state index contributed by atoms with van der Waals surface area (Å²) in [6, 6.07) is 4.48. The maximum Gasteiger partial charge on any atom is 0.416 e. The van der Waals surface area contributed by atoms with Crippen LogP contribution in [0.15, 0.2) is 24.3 Å². The molecule has 1 aliphatic heterocycles. The second-order valence-corrected chi connectivity index (χ2v) is 6.79. The summed E-state index contributed by atoms with van der Waals surface area (Å²) in [5.74, 6) is -0.117. The van der Waals surface area contributed by atoms with Crippen molar-refractivity contribution in [2.75, 3.05) is 13.1 Å². The van der Waals surface area contributed by atoms with Crippen molar-refractivity contribution in [2.24, 2.45) is 5.92 Å². The standard InChI is InChI=1S/C13H14F3NO.C5H10O2/c14-13(15,16)11-3-1-9(2-4-11)12(18)10-5-7-17-8-6-10;1-5(2,3)7-4-6/h1-4,10,17H,5-8H2;4H,1-3H3. The number of rotatable bonds is 3. The molecule has 1 heterocycles. The first kappa shape index (κ1) is 21.2. The molecule has 0 amide bonds. The van der Waals surface area contributed by atoms with Crippen molar-refractivity contribution in [1.29, 1.82) is 0 Å². The number of hydrogen-bond acceptors (Lipinski definition) is 4. The molecule has 0 aromatic heterocycles. The normalized spacial score (nSPS) is 15.8. The summed E-state index contributed by atoms with van der Waals surface area (Å²) in [5.41, 5.74) is -0.666. The average Bonchev–Trinajstić information content (AvgIpc) is 2.54. The molecule has 1 aromatic rings. The van der Waals surface area contributed by atoms with Crippen LogP contribution in [-0.2, 0) is 15.7 Å². The number of nitrogens with one attached hydrogen (secondary N) is 1. The average molecular weight is 359 g/mol. The molecule has 7 heteroatoms. The van der Waals surface area contributed by atoms with E-state index in [1.807, 2.05) is 20.8 Å². The molecule has 0 radical (unpaired) electrons. The minimum Gasteiger partial charge on any atom is -0.462 e. The smallest absolute Gasteiger partial charge is 0.416 e. The first-order valence-electron chi connectivity index (χ1n) is 8.08. The zero-order valence-corrected chi connectivity index (χ0v) is 14.7. The number of carbonyl (C=O) groups excluding carboxylic acids is 2. The molecule has 2 rings (SSSR count). The summed E-state index contributed by atoms with van der Waals surface area (Å²) in [6.07, 6.45) is -2.85. The van der Waals surface area contributed by atoms with Crippen molar-refractivity contribution >= 4 is 12.3 Å². The molecule has 1 aliphatic rings. The number of carbonyl (C=O) groups is 2. The first-order chi connectivity index (χ1) is 11.5. The number of benzene rings is 1. The third kappa shape index (κ3) is 7.69. The topological polar surface area (TPSA) is 55.4 Å². The van der Waals surface area contributed by atoms with Gasteiger partial charge >= 0.3 is 6.18 Å². The Morgan fingerprint density at radius 3 is 2.00 bits per heavy atom. The van der Waals surface area contributed by atoms with E-state index in [1.54, 1.807) is 0 Å². The second-order valence-electron chi connectivity index (χ2n) is 6.79. The highest BCUT2D eigenvalue weighted by atomic mass is 19.4. The van der Waals surface area contributed by atoms with Gasteiger partial charge in [0.15, 0.2) is 5.78 Å². The van der Waals surface area contributed by atoms with Crippen LogP contribution >= 0.6 is 0 Å². The van der Waals surface area contributed by atoms with Gasteiger partial charge in [0.05, 0.1) is 5.56 Å². The van der Waals surface area contributed by atoms with Gasteiger partial charge < -0.3 is 10.1 Å². The summed E-state index contributed by atoms with van der Waals surface area (Å²) < 4.78 is 41.7. The van der Waals surface area contributed by atoms with Gasteiger partial charge in [-0.2, -0.15) is 13.2 Å². The Kier molecular flexibility index (Phi) is 7.60. The van der Waals surface area contributed by atoms with Gasteiger partial charge in [0.25, 0.3) is 6.47 Å². The molecule has 0 atom stereocenters. The molecule has 4 nitrogen and oxygen atoms in total. The molecule has 1 saturated heterocycles. The number of ketones is 1. The van der Waals surface area contributed by atoms with E-state index in [4.69, 9.17) is 0 Å². The molecule has 0 saturated carbocycles. The van der Waals surface area contributed by atoms with Gasteiger partial charge in [-0.05, 0) is 58.8 Å². The van der Waals surface area contributed by atoms with Gasteiger partial charge in [0.1, 0.15) is 5.60 Å². The van der Waals surface area contributed by atoms with Crippen LogP contribution in [0.4, 0.5) is 13.2 Å². The molecular formula is C18H24F3NO3. The summed E-state index contributed by atoms with van der Waals surface area (Å²) >= 11 is 0. The first-order valence-corrected chi connectivity index (χ1v) is 8.08. The zero-order chi connectivity index (χ0) is 19.1. The van der Waals surface area contributed by atoms with E-state index in [-0.39, 0.29) is 17.3 Å². The molecule has 1 fully saturated rings. The SMILES string of the molecule is CC(C)(C)OC=O.O=C(c1ccc(C(F)(F)F)cc1)C1CCNCC1. The van der Waals surface area contributed by atoms with E-state index in [2.05, 4.69) is 10.1 Å². The number of piperidine rings is 1. The molecule has 1 N–H and O–H groups in total. The molecule has 0 unspecified atom stereocenters. The minimum absolute atomic E-state index is 0.0507. The highest BCUT2D eigenvalue weighted by Gasteiger charge is 2.30. The molecule has 0 spiro atoms. The lowest BCUT2D eigenvalue weighted by atomic mass is 9.89. The Hall–Kier alpha value is -1.89.